The van der Waals surface area contributed by atoms with Crippen LogP contribution < -0.4 is 11.5 Å². The standard InChI is InChI=1S/C42H78N2O4/c1-3-5-7-9-11-13-15-17-19-21-23-25-27-29-31-35-39(45)38(43)34-33-37-42(44,41(47)48)40(46)36-32-30-28-26-24-22-20-18-16-14-12-10-8-6-4-2/h17-20,38H,3-16,21-37,43-44H2,1-2H3,(H,47,48)/b19-17-,20-18-/t38?,42-/m1/s1. The first kappa shape index (κ1) is 46.2. The molecule has 1 unspecified atom stereocenters. The van der Waals surface area contributed by atoms with E-state index < -0.39 is 23.3 Å². The number of allylic oxidation sites excluding steroid dienone is 4. The van der Waals surface area contributed by atoms with E-state index in [0.717, 1.165) is 57.8 Å². The number of nitrogens with two attached hydrogens (primary N) is 2. The molecule has 0 aliphatic carbocycles. The lowest BCUT2D eigenvalue weighted by molar-refractivity contribution is -0.148. The zero-order valence-electron chi connectivity index (χ0n) is 31.6. The van der Waals surface area contributed by atoms with Crippen molar-refractivity contribution in [2.45, 2.75) is 224 Å². The van der Waals surface area contributed by atoms with Gasteiger partial charge in [-0.25, -0.2) is 4.79 Å². The minimum Gasteiger partial charge on any atom is -0.480 e. The van der Waals surface area contributed by atoms with Gasteiger partial charge in [-0.15, -0.1) is 0 Å². The van der Waals surface area contributed by atoms with Crippen molar-refractivity contribution in [1.82, 2.24) is 0 Å². The van der Waals surface area contributed by atoms with Crippen LogP contribution >= 0.6 is 0 Å². The number of hydrogen-bond acceptors (Lipinski definition) is 5. The van der Waals surface area contributed by atoms with Crippen LogP contribution in [0.15, 0.2) is 24.3 Å². The SMILES string of the molecule is CCCCCCCC/C=C\CCCCCCCC(=O)C(N)CCC[C@](N)(C(=O)O)C(=O)CCCCCCC/C=C\CCCCCCCC. The Morgan fingerprint density at radius 1 is 0.542 bits per heavy atom. The third-order valence-corrected chi connectivity index (χ3v) is 9.73. The van der Waals surface area contributed by atoms with Crippen molar-refractivity contribution in [3.05, 3.63) is 24.3 Å². The van der Waals surface area contributed by atoms with E-state index in [0.29, 0.717) is 25.7 Å². The third-order valence-electron chi connectivity index (χ3n) is 9.73. The number of carbonyl (C=O) groups is 3. The molecule has 0 bridgehead atoms. The second-order valence-corrected chi connectivity index (χ2v) is 14.3. The van der Waals surface area contributed by atoms with E-state index in [1.165, 1.54) is 103 Å². The number of rotatable bonds is 37. The average Bonchev–Trinajstić information content (AvgIpc) is 3.07. The lowest BCUT2D eigenvalue weighted by atomic mass is 9.85. The molecular formula is C42H78N2O4. The monoisotopic (exact) mass is 675 g/mol. The van der Waals surface area contributed by atoms with Crippen molar-refractivity contribution in [1.29, 1.82) is 0 Å². The molecule has 0 amide bonds. The maximum Gasteiger partial charge on any atom is 0.331 e. The van der Waals surface area contributed by atoms with Crippen LogP contribution in [0.3, 0.4) is 0 Å². The van der Waals surface area contributed by atoms with Crippen LogP contribution in [-0.4, -0.2) is 34.2 Å². The molecule has 0 aromatic carbocycles. The van der Waals surface area contributed by atoms with Gasteiger partial charge >= 0.3 is 5.97 Å². The van der Waals surface area contributed by atoms with Gasteiger partial charge in [0.15, 0.2) is 11.3 Å². The van der Waals surface area contributed by atoms with Crippen molar-refractivity contribution in [2.24, 2.45) is 11.5 Å². The molecule has 5 N–H and O–H groups in total. The van der Waals surface area contributed by atoms with Gasteiger partial charge in [0.2, 0.25) is 0 Å². The molecule has 280 valence electrons. The highest BCUT2D eigenvalue weighted by atomic mass is 16.4. The summed E-state index contributed by atoms with van der Waals surface area (Å²) in [5, 5.41) is 9.75. The normalized spacial score (nSPS) is 13.8. The minimum absolute atomic E-state index is 0.0145. The Kier molecular flexibility index (Phi) is 32.4. The Bertz CT molecular complexity index is 839. The van der Waals surface area contributed by atoms with Crippen LogP contribution in [-0.2, 0) is 14.4 Å². The van der Waals surface area contributed by atoms with Gasteiger partial charge < -0.3 is 16.6 Å². The van der Waals surface area contributed by atoms with E-state index in [4.69, 9.17) is 11.5 Å². The Morgan fingerprint density at radius 2 is 0.896 bits per heavy atom. The number of carbonyl (C=O) groups excluding carboxylic acids is 2. The van der Waals surface area contributed by atoms with Gasteiger partial charge in [0, 0.05) is 12.8 Å². The topological polar surface area (TPSA) is 123 Å². The summed E-state index contributed by atoms with van der Waals surface area (Å²) in [5.41, 5.74) is 10.3. The summed E-state index contributed by atoms with van der Waals surface area (Å²) >= 11 is 0. The van der Waals surface area contributed by atoms with Crippen LogP contribution in [0.25, 0.3) is 0 Å². The van der Waals surface area contributed by atoms with Gasteiger partial charge in [-0.3, -0.25) is 9.59 Å². The maximum atomic E-state index is 12.8. The molecule has 0 spiro atoms. The van der Waals surface area contributed by atoms with E-state index in [2.05, 4.69) is 38.2 Å². The Labute approximate surface area is 296 Å². The molecule has 6 nitrogen and oxygen atoms in total. The fourth-order valence-electron chi connectivity index (χ4n) is 6.26. The summed E-state index contributed by atoms with van der Waals surface area (Å²) in [5.74, 6) is -1.68. The molecule has 0 radical (unpaired) electrons. The summed E-state index contributed by atoms with van der Waals surface area (Å²) in [6, 6.07) is -0.625. The molecule has 0 saturated heterocycles. The van der Waals surface area contributed by atoms with Crippen LogP contribution in [0.4, 0.5) is 0 Å². The van der Waals surface area contributed by atoms with Gasteiger partial charge in [-0.2, -0.15) is 0 Å². The van der Waals surface area contributed by atoms with E-state index in [-0.39, 0.29) is 18.6 Å². The van der Waals surface area contributed by atoms with Crippen molar-refractivity contribution >= 4 is 17.5 Å². The van der Waals surface area contributed by atoms with Crippen LogP contribution in [0, 0.1) is 0 Å². The Morgan fingerprint density at radius 3 is 1.29 bits per heavy atom. The van der Waals surface area contributed by atoms with Crippen LogP contribution in [0.2, 0.25) is 0 Å². The van der Waals surface area contributed by atoms with Gasteiger partial charge in [0.25, 0.3) is 0 Å². The smallest absolute Gasteiger partial charge is 0.331 e. The highest BCUT2D eigenvalue weighted by Crippen LogP contribution is 2.20. The number of Topliss-reactive ketones (excluding diaryl/α,β-unsaturated/α-hetero) is 2. The van der Waals surface area contributed by atoms with Crippen molar-refractivity contribution in [2.75, 3.05) is 0 Å². The molecule has 2 atom stereocenters. The summed E-state index contributed by atoms with van der Waals surface area (Å²) in [7, 11) is 0. The van der Waals surface area contributed by atoms with Crippen molar-refractivity contribution in [3.8, 4) is 0 Å². The van der Waals surface area contributed by atoms with Gasteiger partial charge in [0.05, 0.1) is 6.04 Å². The number of ketones is 2. The molecule has 0 heterocycles. The fraction of sp³-hybridized carbons (Fsp3) is 0.833. The second kappa shape index (κ2) is 33.7. The lowest BCUT2D eigenvalue weighted by Gasteiger charge is -2.24. The van der Waals surface area contributed by atoms with E-state index in [1.54, 1.807) is 0 Å². The van der Waals surface area contributed by atoms with E-state index >= 15 is 0 Å². The Balaban J connectivity index is 3.93. The van der Waals surface area contributed by atoms with E-state index in [9.17, 15) is 19.5 Å². The summed E-state index contributed by atoms with van der Waals surface area (Å²) in [6.45, 7) is 4.50. The minimum atomic E-state index is -1.90. The molecule has 0 aromatic heterocycles. The lowest BCUT2D eigenvalue weighted by Crippen LogP contribution is -2.55. The number of unbranched alkanes of at least 4 members (excludes halogenated alkanes) is 22. The first-order valence-corrected chi connectivity index (χ1v) is 20.4. The van der Waals surface area contributed by atoms with Gasteiger partial charge in [-0.1, -0.05) is 141 Å². The van der Waals surface area contributed by atoms with Crippen molar-refractivity contribution in [3.63, 3.8) is 0 Å². The summed E-state index contributed by atoms with van der Waals surface area (Å²) < 4.78 is 0. The fourth-order valence-corrected chi connectivity index (χ4v) is 6.26. The van der Waals surface area contributed by atoms with Crippen LogP contribution in [0.1, 0.15) is 213 Å². The number of aliphatic carboxylic acids is 1. The molecule has 0 fully saturated rings. The summed E-state index contributed by atoms with van der Waals surface area (Å²) in [4.78, 5) is 37.3. The molecule has 6 heteroatoms. The quantitative estimate of drug-likeness (QED) is 0.0342. The third kappa shape index (κ3) is 27.1. The summed E-state index contributed by atoms with van der Waals surface area (Å²) in [6.07, 6.45) is 41.5. The van der Waals surface area contributed by atoms with Gasteiger partial charge in [-0.05, 0) is 83.5 Å². The number of carboxylic acid groups (broad SMARTS) is 1. The molecule has 0 saturated carbocycles. The molecule has 0 aromatic rings. The van der Waals surface area contributed by atoms with Gasteiger partial charge in [0.1, 0.15) is 5.78 Å². The molecule has 0 rings (SSSR count). The predicted molar refractivity (Wildman–Crippen MR) is 205 cm³/mol. The highest BCUT2D eigenvalue weighted by molar-refractivity contribution is 6.07. The van der Waals surface area contributed by atoms with E-state index in [1.807, 2.05) is 0 Å². The Hall–Kier alpha value is -1.79. The molecular weight excluding hydrogens is 596 g/mol. The molecule has 0 aliphatic heterocycles. The number of carboxylic acids is 1. The number of hydrogen-bond donors (Lipinski definition) is 3. The average molecular weight is 675 g/mol. The largest absolute Gasteiger partial charge is 0.480 e. The molecule has 0 aliphatic rings. The second-order valence-electron chi connectivity index (χ2n) is 14.3. The highest BCUT2D eigenvalue weighted by Gasteiger charge is 2.40. The van der Waals surface area contributed by atoms with Crippen molar-refractivity contribution < 1.29 is 19.5 Å². The zero-order chi connectivity index (χ0) is 35.6. The first-order chi connectivity index (χ1) is 23.3. The zero-order valence-corrected chi connectivity index (χ0v) is 31.6. The van der Waals surface area contributed by atoms with Crippen LogP contribution in [0.5, 0.6) is 0 Å². The maximum absolute atomic E-state index is 12.8. The predicted octanol–water partition coefficient (Wildman–Crippen LogP) is 11.5. The first-order valence-electron chi connectivity index (χ1n) is 20.4. The molecule has 48 heavy (non-hydrogen) atoms.